The van der Waals surface area contributed by atoms with Gasteiger partial charge in [0.1, 0.15) is 36.6 Å². The van der Waals surface area contributed by atoms with Gasteiger partial charge in [-0.05, 0) is 76.2 Å². The van der Waals surface area contributed by atoms with Crippen LogP contribution in [-0.2, 0) is 61.8 Å². The van der Waals surface area contributed by atoms with Crippen LogP contribution < -0.4 is 44.0 Å². The number of aldehydes is 1. The molecule has 0 radical (unpaired) electrons. The summed E-state index contributed by atoms with van der Waals surface area (Å²) in [5.41, 5.74) is 16.3. The Hall–Kier alpha value is -5.35. The smallest absolute Gasteiger partial charge is 0.355 e. The van der Waals surface area contributed by atoms with Gasteiger partial charge in [-0.25, -0.2) is 9.78 Å². The molecule has 4 unspecified atom stereocenters. The van der Waals surface area contributed by atoms with Gasteiger partial charge in [0.2, 0.25) is 29.2 Å². The number of unbranched alkanes of at least 4 members (excludes halogenated alkanes) is 2. The van der Waals surface area contributed by atoms with Crippen LogP contribution in [0.4, 0.5) is 0 Å². The predicted octanol–water partition coefficient (Wildman–Crippen LogP) is -0.00470. The van der Waals surface area contributed by atoms with Gasteiger partial charge >= 0.3 is 11.9 Å². The number of esters is 2. The number of hydrogen-bond donors (Lipinski definition) is 9. The summed E-state index contributed by atoms with van der Waals surface area (Å²) < 4.78 is 12.8. The number of nitrogens with zero attached hydrogens (tertiary/aromatic N) is 2. The van der Waals surface area contributed by atoms with Crippen LogP contribution in [0.15, 0.2) is 41.2 Å². The minimum Gasteiger partial charge on any atom is -0.457 e. The second-order valence-electron chi connectivity index (χ2n) is 15.8. The van der Waals surface area contributed by atoms with E-state index >= 15 is 0 Å². The van der Waals surface area contributed by atoms with Crippen LogP contribution in [0.3, 0.4) is 0 Å². The Morgan fingerprint density at radius 2 is 1.59 bits per heavy atom. The van der Waals surface area contributed by atoms with Gasteiger partial charge in [-0.3, -0.25) is 28.8 Å². The lowest BCUT2D eigenvalue weighted by Gasteiger charge is -2.35. The highest BCUT2D eigenvalue weighted by atomic mass is 32.1. The van der Waals surface area contributed by atoms with Crippen LogP contribution in [0.5, 0.6) is 0 Å². The van der Waals surface area contributed by atoms with Crippen LogP contribution in [0.1, 0.15) is 81.4 Å². The van der Waals surface area contributed by atoms with E-state index in [-0.39, 0.29) is 61.6 Å². The molecule has 5 atom stereocenters. The number of aromatic nitrogens is 2. The number of amides is 4. The average Bonchev–Trinajstić information content (AvgIpc) is 3.66. The maximum Gasteiger partial charge on any atom is 0.355 e. The zero-order valence-electron chi connectivity index (χ0n) is 35.7. The Bertz CT molecular complexity index is 2310. The summed E-state index contributed by atoms with van der Waals surface area (Å²) >= 11 is 8.43. The fourth-order valence-electron chi connectivity index (χ4n) is 7.77. The van der Waals surface area contributed by atoms with Crippen molar-refractivity contribution < 1.29 is 43.0 Å². The van der Waals surface area contributed by atoms with Crippen molar-refractivity contribution in [3.8, 4) is 11.4 Å². The summed E-state index contributed by atoms with van der Waals surface area (Å²) in [6.07, 6.45) is 2.06. The van der Waals surface area contributed by atoms with Crippen molar-refractivity contribution in [2.45, 2.75) is 107 Å². The van der Waals surface area contributed by atoms with Gasteiger partial charge in [0, 0.05) is 41.0 Å². The number of pyridine rings is 2. The number of nitrogens with one attached hydrogen (secondary N) is 4. The van der Waals surface area contributed by atoms with Gasteiger partial charge in [-0.15, -0.1) is 0 Å². The average molecular weight is 924 g/mol. The van der Waals surface area contributed by atoms with E-state index in [0.29, 0.717) is 56.4 Å². The van der Waals surface area contributed by atoms with Crippen molar-refractivity contribution in [2.75, 3.05) is 31.1 Å². The highest BCUT2D eigenvalue weighted by Gasteiger charge is 2.50. The summed E-state index contributed by atoms with van der Waals surface area (Å²) in [7, 11) is 0. The first-order valence-corrected chi connectivity index (χ1v) is 22.6. The number of benzene rings is 1. The lowest BCUT2D eigenvalue weighted by atomic mass is 9.85. The summed E-state index contributed by atoms with van der Waals surface area (Å²) in [5.74, 6) is -5.18. The summed E-state index contributed by atoms with van der Waals surface area (Å²) in [6, 6.07) is 7.47. The molecule has 4 amide bonds. The van der Waals surface area contributed by atoms with Crippen LogP contribution in [0.25, 0.3) is 22.3 Å². The van der Waals surface area contributed by atoms with Gasteiger partial charge in [0.05, 0.1) is 35.4 Å². The molecule has 3 aromatic rings. The number of para-hydroxylation sites is 1. The van der Waals surface area contributed by atoms with Crippen LogP contribution >= 0.6 is 25.3 Å². The molecular formula is C43H57N9O10S2. The van der Waals surface area contributed by atoms with Crippen molar-refractivity contribution in [3.63, 3.8) is 0 Å². The third-order valence-electron chi connectivity index (χ3n) is 11.5. The van der Waals surface area contributed by atoms with Gasteiger partial charge in [-0.1, -0.05) is 25.1 Å². The molecule has 2 aliphatic rings. The number of carbonyl (C=O) groups is 7. The van der Waals surface area contributed by atoms with E-state index < -0.39 is 83.2 Å². The SMILES string of the molecule is CC[C@]1(OC(=O)CCC(=O)NC(CS)C(=O)NC(CS)C(=O)NC(CCCCN)C(=O)NC(C=O)(CN)CCCCN)C(=O)OCc2c1cc1n(c2=O)Cc2cc3ccccc3nc2-1. The number of cyclic esters (lactones) is 1. The lowest BCUT2D eigenvalue weighted by Crippen LogP contribution is -2.61. The van der Waals surface area contributed by atoms with E-state index in [1.54, 1.807) is 17.6 Å². The normalized spacial score (nSPS) is 17.3. The maximum atomic E-state index is 13.9. The standard InChI is InChI=1S/C43H57N9O10S2/c1-2-43(28-18-33-36-26(17-25-9-3-4-10-29(25)48-36)19-52(33)40(59)27(28)20-61-41(43)60)62-35(55)13-12-34(54)47-31(21-63)37(56)50-32(22-64)38(57)49-30(11-5-7-15-44)39(58)51-42(23-46,24-53)14-6-8-16-45/h3-4,9-10,17-18,24,30-32,63-64H,2,5-8,11-16,19-23,44-46H2,1H3,(H,47,54)(H,49,57)(H,50,56)(H,51,58)/t30?,31?,32?,42?,43-/m1/s1. The fraction of sp³-hybridized carbons (Fsp3) is 0.512. The first-order chi connectivity index (χ1) is 30.7. The molecule has 0 bridgehead atoms. The van der Waals surface area contributed by atoms with Gasteiger partial charge in [0.15, 0.2) is 0 Å². The molecule has 10 N–H and O–H groups in total. The Morgan fingerprint density at radius 3 is 2.25 bits per heavy atom. The van der Waals surface area contributed by atoms with Crippen molar-refractivity contribution in [2.24, 2.45) is 17.2 Å². The molecule has 5 rings (SSSR count). The highest BCUT2D eigenvalue weighted by Crippen LogP contribution is 2.41. The lowest BCUT2D eigenvalue weighted by molar-refractivity contribution is -0.189. The first kappa shape index (κ1) is 49.7. The predicted molar refractivity (Wildman–Crippen MR) is 243 cm³/mol. The third-order valence-corrected chi connectivity index (χ3v) is 12.2. The van der Waals surface area contributed by atoms with Crippen LogP contribution in [0.2, 0.25) is 0 Å². The second kappa shape index (κ2) is 22.5. The summed E-state index contributed by atoms with van der Waals surface area (Å²) in [4.78, 5) is 111. The van der Waals surface area contributed by atoms with Crippen molar-refractivity contribution in [1.82, 2.24) is 30.8 Å². The summed E-state index contributed by atoms with van der Waals surface area (Å²) in [5, 5.41) is 11.2. The number of rotatable bonds is 24. The topological polar surface area (TPSA) is 299 Å². The number of carbonyl (C=O) groups excluding carboxylic acids is 7. The number of hydrogen-bond acceptors (Lipinski definition) is 16. The molecule has 2 aliphatic heterocycles. The molecule has 346 valence electrons. The molecule has 0 saturated heterocycles. The van der Waals surface area contributed by atoms with Crippen molar-refractivity contribution >= 4 is 78.0 Å². The zero-order chi connectivity index (χ0) is 46.6. The minimum absolute atomic E-state index is 0.0823. The van der Waals surface area contributed by atoms with Crippen molar-refractivity contribution in [1.29, 1.82) is 0 Å². The fourth-order valence-corrected chi connectivity index (χ4v) is 8.29. The molecule has 64 heavy (non-hydrogen) atoms. The van der Waals surface area contributed by atoms with Gasteiger partial charge in [0.25, 0.3) is 5.56 Å². The Labute approximate surface area is 380 Å². The van der Waals surface area contributed by atoms with E-state index in [1.807, 2.05) is 30.3 Å². The number of ether oxygens (including phenoxy) is 2. The molecule has 0 fully saturated rings. The molecule has 0 saturated carbocycles. The molecule has 1 aromatic carbocycles. The Kier molecular flexibility index (Phi) is 17.5. The van der Waals surface area contributed by atoms with Crippen molar-refractivity contribution in [3.05, 3.63) is 63.4 Å². The summed E-state index contributed by atoms with van der Waals surface area (Å²) in [6.45, 7) is 2.11. The van der Waals surface area contributed by atoms with E-state index in [9.17, 15) is 38.4 Å². The quantitative estimate of drug-likeness (QED) is 0.0194. The number of nitrogens with two attached hydrogens (primary N) is 3. The highest BCUT2D eigenvalue weighted by molar-refractivity contribution is 7.80. The maximum absolute atomic E-state index is 13.9. The molecule has 19 nitrogen and oxygen atoms in total. The molecule has 0 spiro atoms. The molecule has 21 heteroatoms. The van der Waals surface area contributed by atoms with E-state index in [0.717, 1.165) is 16.5 Å². The van der Waals surface area contributed by atoms with E-state index in [2.05, 4.69) is 46.5 Å². The van der Waals surface area contributed by atoms with E-state index in [1.165, 1.54) is 0 Å². The molecule has 0 aliphatic carbocycles. The molecule has 2 aromatic heterocycles. The second-order valence-corrected chi connectivity index (χ2v) is 16.6. The number of thiol groups is 2. The third kappa shape index (κ3) is 11.1. The largest absolute Gasteiger partial charge is 0.457 e. The van der Waals surface area contributed by atoms with Gasteiger partial charge in [-0.2, -0.15) is 25.3 Å². The van der Waals surface area contributed by atoms with Crippen LogP contribution in [-0.4, -0.2) is 106 Å². The minimum atomic E-state index is -1.98. The van der Waals surface area contributed by atoms with Crippen LogP contribution in [0, 0.1) is 0 Å². The number of fused-ring (bicyclic) bond motifs is 5. The molecule has 4 heterocycles. The Balaban J connectivity index is 1.21. The zero-order valence-corrected chi connectivity index (χ0v) is 37.5. The first-order valence-electron chi connectivity index (χ1n) is 21.3. The Morgan fingerprint density at radius 1 is 0.922 bits per heavy atom. The van der Waals surface area contributed by atoms with Gasteiger partial charge < -0.3 is 57.3 Å². The monoisotopic (exact) mass is 923 g/mol. The van der Waals surface area contributed by atoms with E-state index in [4.69, 9.17) is 31.7 Å². The molecular weight excluding hydrogens is 867 g/mol.